The Kier molecular flexibility index (Phi) is 5.77. The van der Waals surface area contributed by atoms with Crippen LogP contribution < -0.4 is 0 Å². The number of hydrogen-bond acceptors (Lipinski definition) is 1. The first-order valence-corrected chi connectivity index (χ1v) is 12.6. The van der Waals surface area contributed by atoms with Gasteiger partial charge in [0.05, 0.1) is 0 Å². The van der Waals surface area contributed by atoms with Crippen LogP contribution in [0.15, 0.2) is 0 Å². The largest absolute Gasteiger partial charge is 0.493 e. The summed E-state index contributed by atoms with van der Waals surface area (Å²) in [5.74, 6) is 0. The maximum Gasteiger partial charge on any atom is 0.493 e. The van der Waals surface area contributed by atoms with E-state index in [1.165, 1.54) is 6.04 Å². The normalized spacial score (nSPS) is 13.5. The summed E-state index contributed by atoms with van der Waals surface area (Å²) in [5.41, 5.74) is 0. The first kappa shape index (κ1) is 13.3. The lowest BCUT2D eigenvalue weighted by Crippen LogP contribution is -2.22. The number of rotatable bonds is 5. The van der Waals surface area contributed by atoms with Crippen LogP contribution in [-0.4, -0.2) is 20.9 Å². The van der Waals surface area contributed by atoms with E-state index in [9.17, 15) is 0 Å². The average molecular weight is 266 g/mol. The topological polar surface area (TPSA) is 9.23 Å². The van der Waals surface area contributed by atoms with Crippen molar-refractivity contribution in [3.05, 3.63) is 0 Å². The molecular formula is C6H15Cl3OSi2. The highest BCUT2D eigenvalue weighted by atomic mass is 35.8. The van der Waals surface area contributed by atoms with Crippen LogP contribution in [0.2, 0.25) is 25.7 Å². The van der Waals surface area contributed by atoms with Gasteiger partial charge >= 0.3 is 6.25 Å². The van der Waals surface area contributed by atoms with Crippen molar-refractivity contribution < 1.29 is 4.43 Å². The molecule has 0 unspecified atom stereocenters. The van der Waals surface area contributed by atoms with Gasteiger partial charge in [0.1, 0.15) is 0 Å². The third kappa shape index (κ3) is 11.3. The highest BCUT2D eigenvalue weighted by molar-refractivity contribution is 7.62. The molecule has 0 radical (unpaired) electrons. The molecule has 0 saturated carbocycles. The Balaban J connectivity index is 3.35. The van der Waals surface area contributed by atoms with Gasteiger partial charge in [0.2, 0.25) is 0 Å². The predicted molar refractivity (Wildman–Crippen MR) is 62.0 cm³/mol. The van der Waals surface area contributed by atoms with Crippen LogP contribution in [0.1, 0.15) is 6.42 Å². The van der Waals surface area contributed by atoms with Crippen LogP contribution in [-0.2, 0) is 4.43 Å². The SMILES string of the molecule is C[Si](C)(C)CCCO[Si](Cl)(Cl)Cl. The Morgan fingerprint density at radius 2 is 1.58 bits per heavy atom. The Bertz CT molecular complexity index is 114. The summed E-state index contributed by atoms with van der Waals surface area (Å²) in [4.78, 5) is 0. The summed E-state index contributed by atoms with van der Waals surface area (Å²) in [5, 5.41) is 0. The smallest absolute Gasteiger partial charge is 0.381 e. The molecule has 0 aliphatic heterocycles. The molecule has 0 N–H and O–H groups in total. The van der Waals surface area contributed by atoms with Gasteiger partial charge in [-0.15, -0.1) is 0 Å². The molecule has 0 aliphatic rings. The van der Waals surface area contributed by atoms with Crippen LogP contribution in [0.3, 0.4) is 0 Å². The molecule has 0 spiro atoms. The second kappa shape index (κ2) is 5.22. The number of halogens is 3. The molecule has 0 atom stereocenters. The number of hydrogen-bond donors (Lipinski definition) is 0. The summed E-state index contributed by atoms with van der Waals surface area (Å²) >= 11 is 16.6. The lowest BCUT2D eigenvalue weighted by Gasteiger charge is -2.16. The van der Waals surface area contributed by atoms with E-state index >= 15 is 0 Å². The van der Waals surface area contributed by atoms with Gasteiger partial charge in [-0.25, -0.2) is 0 Å². The van der Waals surface area contributed by atoms with E-state index in [1.54, 1.807) is 0 Å². The zero-order chi connectivity index (χ0) is 9.83. The second-order valence-corrected chi connectivity index (χ2v) is 17.3. The Morgan fingerprint density at radius 3 is 1.92 bits per heavy atom. The van der Waals surface area contributed by atoms with E-state index < -0.39 is 14.3 Å². The average Bonchev–Trinajstić information content (AvgIpc) is 1.76. The Hall–Kier alpha value is 1.26. The second-order valence-electron chi connectivity index (χ2n) is 3.96. The molecule has 0 saturated heterocycles. The lowest BCUT2D eigenvalue weighted by atomic mass is 10.5. The minimum Gasteiger partial charge on any atom is -0.381 e. The van der Waals surface area contributed by atoms with Gasteiger partial charge in [0, 0.05) is 14.7 Å². The van der Waals surface area contributed by atoms with E-state index in [2.05, 4.69) is 19.6 Å². The molecule has 0 amide bonds. The molecular weight excluding hydrogens is 251 g/mol. The monoisotopic (exact) mass is 264 g/mol. The van der Waals surface area contributed by atoms with Crippen LogP contribution >= 0.6 is 33.2 Å². The fourth-order valence-corrected chi connectivity index (χ4v) is 3.07. The molecule has 0 rings (SSSR count). The van der Waals surface area contributed by atoms with Crippen molar-refractivity contribution in [1.29, 1.82) is 0 Å². The van der Waals surface area contributed by atoms with E-state index in [1.807, 2.05) is 0 Å². The minimum atomic E-state index is -2.82. The molecule has 12 heavy (non-hydrogen) atoms. The van der Waals surface area contributed by atoms with Crippen molar-refractivity contribution >= 4 is 47.6 Å². The van der Waals surface area contributed by atoms with Crippen molar-refractivity contribution in [1.82, 2.24) is 0 Å². The summed E-state index contributed by atoms with van der Waals surface area (Å²) in [6, 6.07) is 1.22. The van der Waals surface area contributed by atoms with Crippen LogP contribution in [0.4, 0.5) is 0 Å². The molecule has 6 heteroatoms. The summed E-state index contributed by atoms with van der Waals surface area (Å²) < 4.78 is 5.08. The fourth-order valence-electron chi connectivity index (χ4n) is 0.790. The van der Waals surface area contributed by atoms with E-state index in [4.69, 9.17) is 37.7 Å². The summed E-state index contributed by atoms with van der Waals surface area (Å²) in [7, 11) is -0.947. The Labute approximate surface area is 90.6 Å². The zero-order valence-corrected chi connectivity index (χ0v) is 11.9. The molecule has 0 aromatic carbocycles. The molecule has 0 aromatic heterocycles. The molecule has 1 nitrogen and oxygen atoms in total. The minimum absolute atomic E-state index is 0.590. The van der Waals surface area contributed by atoms with Gasteiger partial charge in [-0.3, -0.25) is 0 Å². The van der Waals surface area contributed by atoms with Crippen molar-refractivity contribution in [2.24, 2.45) is 0 Å². The zero-order valence-electron chi connectivity index (χ0n) is 7.66. The first-order valence-electron chi connectivity index (χ1n) is 3.91. The van der Waals surface area contributed by atoms with Crippen LogP contribution in [0, 0.1) is 0 Å². The quantitative estimate of drug-likeness (QED) is 0.416. The van der Waals surface area contributed by atoms with Crippen molar-refractivity contribution in [2.45, 2.75) is 32.1 Å². The molecule has 0 aliphatic carbocycles. The van der Waals surface area contributed by atoms with Gasteiger partial charge in [-0.2, -0.15) is 0 Å². The van der Waals surface area contributed by atoms with Gasteiger partial charge in [0.25, 0.3) is 0 Å². The molecule has 0 heterocycles. The maximum absolute atomic E-state index is 5.54. The predicted octanol–water partition coefficient (Wildman–Crippen LogP) is 3.88. The third-order valence-corrected chi connectivity index (χ3v) is 4.70. The molecule has 0 bridgehead atoms. The molecule has 74 valence electrons. The van der Waals surface area contributed by atoms with Gasteiger partial charge in [-0.05, 0) is 6.42 Å². The van der Waals surface area contributed by atoms with Crippen molar-refractivity contribution in [2.75, 3.05) is 6.61 Å². The van der Waals surface area contributed by atoms with Crippen LogP contribution in [0.25, 0.3) is 0 Å². The lowest BCUT2D eigenvalue weighted by molar-refractivity contribution is 0.334. The molecule has 0 aromatic rings. The van der Waals surface area contributed by atoms with Crippen molar-refractivity contribution in [3.8, 4) is 0 Å². The van der Waals surface area contributed by atoms with E-state index in [0.717, 1.165) is 6.42 Å². The third-order valence-electron chi connectivity index (χ3n) is 1.34. The summed E-state index contributed by atoms with van der Waals surface area (Å²) in [6.45, 7) is 7.55. The standard InChI is InChI=1S/C6H15Cl3OSi2/c1-11(2,3)6-4-5-10-12(7,8)9/h4-6H2,1-3H3. The van der Waals surface area contributed by atoms with Gasteiger partial charge in [-0.1, -0.05) is 58.9 Å². The van der Waals surface area contributed by atoms with Gasteiger partial charge in [0.15, 0.2) is 0 Å². The maximum atomic E-state index is 5.54. The van der Waals surface area contributed by atoms with E-state index in [-0.39, 0.29) is 0 Å². The Morgan fingerprint density at radius 1 is 1.08 bits per heavy atom. The fraction of sp³-hybridized carbons (Fsp3) is 1.00. The molecule has 0 fully saturated rings. The highest BCUT2D eigenvalue weighted by Crippen LogP contribution is 2.22. The van der Waals surface area contributed by atoms with Crippen molar-refractivity contribution in [3.63, 3.8) is 0 Å². The highest BCUT2D eigenvalue weighted by Gasteiger charge is 2.27. The van der Waals surface area contributed by atoms with Crippen LogP contribution in [0.5, 0.6) is 0 Å². The van der Waals surface area contributed by atoms with E-state index in [0.29, 0.717) is 6.61 Å². The summed E-state index contributed by atoms with van der Waals surface area (Å²) in [6.07, 6.45) is -1.81. The first-order chi connectivity index (χ1) is 5.21. The van der Waals surface area contributed by atoms with Gasteiger partial charge < -0.3 is 4.43 Å².